The summed E-state index contributed by atoms with van der Waals surface area (Å²) in [7, 11) is 2.00. The van der Waals surface area contributed by atoms with Crippen LogP contribution in [0.3, 0.4) is 0 Å². The first-order chi connectivity index (χ1) is 2.77. The molecule has 0 aromatic heterocycles. The van der Waals surface area contributed by atoms with Gasteiger partial charge in [0, 0.05) is 0 Å². The molecule has 0 rings (SSSR count). The Bertz CT molecular complexity index is 78.9. The van der Waals surface area contributed by atoms with Crippen molar-refractivity contribution in [3.05, 3.63) is 11.5 Å². The van der Waals surface area contributed by atoms with E-state index in [1.54, 1.807) is 0 Å². The van der Waals surface area contributed by atoms with Gasteiger partial charge < -0.3 is 0 Å². The molecular formula is C3H5OPS. The molecule has 0 N–H and O–H groups in total. The Morgan fingerprint density at radius 3 is 2.33 bits per heavy atom. The fourth-order valence-corrected chi connectivity index (χ4v) is 0.479. The normalized spacial score (nSPS) is 9.67. The van der Waals surface area contributed by atoms with E-state index in [2.05, 4.69) is 12.6 Å². The molecule has 0 amide bonds. The molecule has 0 heterocycles. The lowest BCUT2D eigenvalue weighted by molar-refractivity contribution is -0.107. The number of carbonyl (C=O) groups excluding carboxylic acids is 1. The highest BCUT2D eigenvalue weighted by molar-refractivity contribution is 7.83. The maximum atomic E-state index is 9.87. The molecule has 3 heteroatoms. The molecule has 0 spiro atoms. The van der Waals surface area contributed by atoms with E-state index in [4.69, 9.17) is 0 Å². The van der Waals surface area contributed by atoms with Gasteiger partial charge in [-0.2, -0.15) is 12.6 Å². The molecule has 0 aromatic rings. The summed E-state index contributed by atoms with van der Waals surface area (Å²) < 4.78 is 0. The van der Waals surface area contributed by atoms with Gasteiger partial charge in [0.1, 0.15) is 0 Å². The Morgan fingerprint density at radius 1 is 1.83 bits per heavy atom. The van der Waals surface area contributed by atoms with E-state index < -0.39 is 0 Å². The van der Waals surface area contributed by atoms with Gasteiger partial charge in [-0.05, 0) is 11.5 Å². The first kappa shape index (κ1) is 6.19. The summed E-state index contributed by atoms with van der Waals surface area (Å²) >= 11 is 3.65. The molecule has 0 bridgehead atoms. The summed E-state index contributed by atoms with van der Waals surface area (Å²) in [5.74, 6) is 0. The molecular weight excluding hydrogens is 115 g/mol. The molecule has 6 heavy (non-hydrogen) atoms. The minimum absolute atomic E-state index is 0.0509. The van der Waals surface area contributed by atoms with E-state index in [0.29, 0.717) is 0 Å². The van der Waals surface area contributed by atoms with Crippen molar-refractivity contribution in [2.45, 2.75) is 0 Å². The fourth-order valence-electron chi connectivity index (χ4n) is 0.0735. The van der Waals surface area contributed by atoms with E-state index in [1.165, 1.54) is 11.5 Å². The Hall–Kier alpha value is 0.190. The molecule has 0 fully saturated rings. The Labute approximate surface area is 44.4 Å². The smallest absolute Gasteiger partial charge is 0.171 e. The predicted octanol–water partition coefficient (Wildman–Crippen LogP) is 0.832. The van der Waals surface area contributed by atoms with Crippen LogP contribution in [-0.4, -0.2) is 5.52 Å². The summed E-state index contributed by atoms with van der Waals surface area (Å²) in [5, 5.41) is 1.40. The minimum Gasteiger partial charge on any atom is -0.290 e. The third kappa shape index (κ3) is 4.19. The lowest BCUT2D eigenvalue weighted by atomic mass is 10.7. The first-order valence-corrected chi connectivity index (χ1v) is 2.47. The molecule has 1 atom stereocenters. The molecule has 1 unspecified atom stereocenters. The van der Waals surface area contributed by atoms with Crippen LogP contribution >= 0.6 is 21.9 Å². The van der Waals surface area contributed by atoms with Gasteiger partial charge in [-0.3, -0.25) is 4.79 Å². The average Bonchev–Trinajstić information content (AvgIpc) is 1.35. The largest absolute Gasteiger partial charge is 0.290 e. The maximum Gasteiger partial charge on any atom is 0.171 e. The van der Waals surface area contributed by atoms with E-state index >= 15 is 0 Å². The van der Waals surface area contributed by atoms with Gasteiger partial charge in [0.2, 0.25) is 0 Å². The quantitative estimate of drug-likeness (QED) is 0.308. The van der Waals surface area contributed by atoms with Crippen LogP contribution in [0, 0.1) is 0 Å². The Morgan fingerprint density at radius 2 is 2.33 bits per heavy atom. The standard InChI is InChI=1S/C3H5OPS/c4-3(5)1-2-6/h1-2,6H,5H2/b2-1+. The summed E-state index contributed by atoms with van der Waals surface area (Å²) in [6, 6.07) is 0. The van der Waals surface area contributed by atoms with Gasteiger partial charge in [0.25, 0.3) is 0 Å². The average molecular weight is 120 g/mol. The van der Waals surface area contributed by atoms with Crippen molar-refractivity contribution in [3.8, 4) is 0 Å². The Kier molecular flexibility index (Phi) is 3.49. The van der Waals surface area contributed by atoms with E-state index in [-0.39, 0.29) is 5.52 Å². The molecule has 1 nitrogen and oxygen atoms in total. The third-order valence-electron chi connectivity index (χ3n) is 0.239. The van der Waals surface area contributed by atoms with Gasteiger partial charge in [0.15, 0.2) is 5.52 Å². The molecule has 0 aromatic carbocycles. The van der Waals surface area contributed by atoms with Crippen molar-refractivity contribution >= 4 is 27.4 Å². The molecule has 0 radical (unpaired) electrons. The van der Waals surface area contributed by atoms with Gasteiger partial charge >= 0.3 is 0 Å². The maximum absolute atomic E-state index is 9.87. The van der Waals surface area contributed by atoms with Crippen molar-refractivity contribution in [3.63, 3.8) is 0 Å². The molecule has 0 aliphatic heterocycles. The van der Waals surface area contributed by atoms with Crippen LogP contribution in [0.15, 0.2) is 11.5 Å². The molecule has 0 aliphatic rings. The SMILES string of the molecule is O=C(P)/C=C/S. The van der Waals surface area contributed by atoms with Crippen LogP contribution < -0.4 is 0 Å². The topological polar surface area (TPSA) is 17.1 Å². The van der Waals surface area contributed by atoms with Crippen molar-refractivity contribution in [2.75, 3.05) is 0 Å². The van der Waals surface area contributed by atoms with Crippen molar-refractivity contribution in [1.82, 2.24) is 0 Å². The van der Waals surface area contributed by atoms with Gasteiger partial charge in [-0.15, -0.1) is 0 Å². The van der Waals surface area contributed by atoms with E-state index in [1.807, 2.05) is 9.24 Å². The second-order valence-electron chi connectivity index (χ2n) is 0.718. The van der Waals surface area contributed by atoms with Crippen molar-refractivity contribution < 1.29 is 4.79 Å². The molecule has 0 saturated carbocycles. The highest BCUT2D eigenvalue weighted by Crippen LogP contribution is 1.86. The van der Waals surface area contributed by atoms with E-state index in [0.717, 1.165) is 0 Å². The van der Waals surface area contributed by atoms with Gasteiger partial charge in [-0.1, -0.05) is 9.24 Å². The summed E-state index contributed by atoms with van der Waals surface area (Å²) in [4.78, 5) is 9.87. The zero-order valence-corrected chi connectivity index (χ0v) is 5.14. The molecule has 0 saturated heterocycles. The second kappa shape index (κ2) is 3.38. The highest BCUT2D eigenvalue weighted by Gasteiger charge is 1.73. The number of thiol groups is 1. The lowest BCUT2D eigenvalue weighted by Crippen LogP contribution is -1.68. The highest BCUT2D eigenvalue weighted by atomic mass is 32.1. The van der Waals surface area contributed by atoms with Crippen LogP contribution in [0.1, 0.15) is 0 Å². The number of rotatable bonds is 1. The zero-order chi connectivity index (χ0) is 4.99. The van der Waals surface area contributed by atoms with Gasteiger partial charge in [-0.25, -0.2) is 0 Å². The summed E-state index contributed by atoms with van der Waals surface area (Å²) in [6.07, 6.45) is 1.35. The summed E-state index contributed by atoms with van der Waals surface area (Å²) in [6.45, 7) is 0. The number of hydrogen-bond donors (Lipinski definition) is 1. The van der Waals surface area contributed by atoms with Crippen LogP contribution in [0.2, 0.25) is 0 Å². The van der Waals surface area contributed by atoms with Crippen molar-refractivity contribution in [1.29, 1.82) is 0 Å². The Balaban J connectivity index is 3.30. The third-order valence-corrected chi connectivity index (χ3v) is 0.580. The number of carbonyl (C=O) groups is 1. The first-order valence-electron chi connectivity index (χ1n) is 1.37. The zero-order valence-electron chi connectivity index (χ0n) is 3.09. The molecule has 0 aliphatic carbocycles. The van der Waals surface area contributed by atoms with Gasteiger partial charge in [0.05, 0.1) is 0 Å². The second-order valence-corrected chi connectivity index (χ2v) is 1.59. The molecule has 34 valence electrons. The van der Waals surface area contributed by atoms with E-state index in [9.17, 15) is 4.79 Å². The van der Waals surface area contributed by atoms with Crippen LogP contribution in [-0.2, 0) is 4.79 Å². The predicted molar refractivity (Wildman–Crippen MR) is 32.8 cm³/mol. The number of hydrogen-bond acceptors (Lipinski definition) is 2. The van der Waals surface area contributed by atoms with Crippen LogP contribution in [0.5, 0.6) is 0 Å². The summed E-state index contributed by atoms with van der Waals surface area (Å²) in [5.41, 5.74) is -0.0509. The minimum atomic E-state index is -0.0509. The monoisotopic (exact) mass is 120 g/mol. The van der Waals surface area contributed by atoms with Crippen LogP contribution in [0.25, 0.3) is 0 Å². The fraction of sp³-hybridized carbons (Fsp3) is 0. The lowest BCUT2D eigenvalue weighted by Gasteiger charge is -1.67. The van der Waals surface area contributed by atoms with Crippen molar-refractivity contribution in [2.24, 2.45) is 0 Å². The number of allylic oxidation sites excluding steroid dienone is 1. The van der Waals surface area contributed by atoms with Crippen LogP contribution in [0.4, 0.5) is 0 Å².